The molecule has 1 heterocycles. The number of carbonyl (C=O) groups excluding carboxylic acids is 1. The second-order valence-electron chi connectivity index (χ2n) is 5.86. The average Bonchev–Trinajstić information content (AvgIpc) is 2.87. The summed E-state index contributed by atoms with van der Waals surface area (Å²) in [6.07, 6.45) is 2.85. The number of nitrogens with one attached hydrogen (secondary N) is 2. The summed E-state index contributed by atoms with van der Waals surface area (Å²) in [5, 5.41) is 12.8. The standard InChI is InChI=1S/C16H23N3O2S/c1-11-5-4-6-12-15(11)19-13(18-12)7-8-14(20)17-9-16(2,21)10-22-3/h4-6,21H,7-10H2,1-3H3,(H,17,20)(H,18,19). The van der Waals surface area contributed by atoms with Crippen LogP contribution in [0.3, 0.4) is 0 Å². The number of hydrogen-bond acceptors (Lipinski definition) is 4. The zero-order chi connectivity index (χ0) is 16.2. The number of hydrogen-bond donors (Lipinski definition) is 3. The molecule has 1 aromatic heterocycles. The first-order valence-electron chi connectivity index (χ1n) is 7.33. The fourth-order valence-corrected chi connectivity index (χ4v) is 3.04. The van der Waals surface area contributed by atoms with E-state index in [0.29, 0.717) is 18.6 Å². The van der Waals surface area contributed by atoms with Gasteiger partial charge in [0, 0.05) is 25.1 Å². The number of para-hydroxylation sites is 1. The maximum atomic E-state index is 11.9. The van der Waals surface area contributed by atoms with E-state index in [1.54, 1.807) is 18.7 Å². The second-order valence-corrected chi connectivity index (χ2v) is 6.73. The van der Waals surface area contributed by atoms with Gasteiger partial charge in [-0.25, -0.2) is 4.98 Å². The van der Waals surface area contributed by atoms with E-state index in [1.165, 1.54) is 0 Å². The number of amides is 1. The number of fused-ring (bicyclic) bond motifs is 1. The minimum Gasteiger partial charge on any atom is -0.387 e. The van der Waals surface area contributed by atoms with Gasteiger partial charge in [-0.2, -0.15) is 11.8 Å². The summed E-state index contributed by atoms with van der Waals surface area (Å²) in [4.78, 5) is 19.7. The molecule has 1 aromatic carbocycles. The lowest BCUT2D eigenvalue weighted by Crippen LogP contribution is -2.42. The molecule has 0 aliphatic heterocycles. The number of aliphatic hydroxyl groups is 1. The van der Waals surface area contributed by atoms with Gasteiger partial charge in [-0.3, -0.25) is 4.79 Å². The molecule has 1 unspecified atom stereocenters. The molecular weight excluding hydrogens is 298 g/mol. The van der Waals surface area contributed by atoms with E-state index in [0.717, 1.165) is 22.4 Å². The number of benzene rings is 1. The number of nitrogens with zero attached hydrogens (tertiary/aromatic N) is 1. The topological polar surface area (TPSA) is 78.0 Å². The molecule has 2 rings (SSSR count). The first-order chi connectivity index (χ1) is 10.4. The van der Waals surface area contributed by atoms with Crippen molar-refractivity contribution < 1.29 is 9.90 Å². The Morgan fingerprint density at radius 3 is 2.95 bits per heavy atom. The maximum absolute atomic E-state index is 11.9. The minimum absolute atomic E-state index is 0.0708. The van der Waals surface area contributed by atoms with Crippen molar-refractivity contribution in [3.63, 3.8) is 0 Å². The van der Waals surface area contributed by atoms with Crippen molar-refractivity contribution in [2.24, 2.45) is 0 Å². The molecule has 0 radical (unpaired) electrons. The molecule has 120 valence electrons. The zero-order valence-electron chi connectivity index (χ0n) is 13.3. The summed E-state index contributed by atoms with van der Waals surface area (Å²) < 4.78 is 0. The van der Waals surface area contributed by atoms with E-state index in [-0.39, 0.29) is 12.5 Å². The normalized spacial score (nSPS) is 14.0. The summed E-state index contributed by atoms with van der Waals surface area (Å²) in [6, 6.07) is 5.99. The van der Waals surface area contributed by atoms with Crippen LogP contribution in [0.4, 0.5) is 0 Å². The second kappa shape index (κ2) is 7.15. The maximum Gasteiger partial charge on any atom is 0.220 e. The molecule has 1 atom stereocenters. The van der Waals surface area contributed by atoms with Crippen LogP contribution < -0.4 is 5.32 Å². The van der Waals surface area contributed by atoms with Crippen molar-refractivity contribution in [2.75, 3.05) is 18.6 Å². The van der Waals surface area contributed by atoms with Gasteiger partial charge in [0.25, 0.3) is 0 Å². The summed E-state index contributed by atoms with van der Waals surface area (Å²) >= 11 is 1.56. The van der Waals surface area contributed by atoms with Crippen LogP contribution in [0.25, 0.3) is 11.0 Å². The van der Waals surface area contributed by atoms with Gasteiger partial charge in [-0.05, 0) is 31.7 Å². The number of aromatic amines is 1. The third kappa shape index (κ3) is 4.48. The van der Waals surface area contributed by atoms with Gasteiger partial charge in [0.05, 0.1) is 16.6 Å². The fourth-order valence-electron chi connectivity index (χ4n) is 2.32. The van der Waals surface area contributed by atoms with Crippen molar-refractivity contribution >= 4 is 28.7 Å². The smallest absolute Gasteiger partial charge is 0.220 e. The van der Waals surface area contributed by atoms with E-state index < -0.39 is 5.60 Å². The van der Waals surface area contributed by atoms with Crippen LogP contribution in [0.15, 0.2) is 18.2 Å². The van der Waals surface area contributed by atoms with Crippen molar-refractivity contribution in [2.45, 2.75) is 32.3 Å². The molecule has 6 heteroatoms. The quantitative estimate of drug-likeness (QED) is 0.729. The highest BCUT2D eigenvalue weighted by Crippen LogP contribution is 2.16. The van der Waals surface area contributed by atoms with Gasteiger partial charge in [0.2, 0.25) is 5.91 Å². The van der Waals surface area contributed by atoms with Gasteiger partial charge >= 0.3 is 0 Å². The zero-order valence-corrected chi connectivity index (χ0v) is 14.1. The molecule has 0 fully saturated rings. The molecule has 5 nitrogen and oxygen atoms in total. The number of rotatable bonds is 7. The molecule has 0 saturated heterocycles. The monoisotopic (exact) mass is 321 g/mol. The number of carbonyl (C=O) groups is 1. The van der Waals surface area contributed by atoms with Gasteiger partial charge < -0.3 is 15.4 Å². The van der Waals surface area contributed by atoms with Gasteiger partial charge in [-0.15, -0.1) is 0 Å². The molecule has 2 aromatic rings. The molecule has 0 aliphatic carbocycles. The SMILES string of the molecule is CSCC(C)(O)CNC(=O)CCc1nc2c(C)cccc2[nH]1. The molecule has 3 N–H and O–H groups in total. The first kappa shape index (κ1) is 16.8. The summed E-state index contributed by atoms with van der Waals surface area (Å²) in [5.41, 5.74) is 2.21. The number of H-pyrrole nitrogens is 1. The Kier molecular flexibility index (Phi) is 5.47. The van der Waals surface area contributed by atoms with Crippen LogP contribution >= 0.6 is 11.8 Å². The first-order valence-corrected chi connectivity index (χ1v) is 8.73. The molecule has 0 saturated carbocycles. The Labute approximate surface area is 134 Å². The van der Waals surface area contributed by atoms with E-state index in [2.05, 4.69) is 15.3 Å². The Morgan fingerprint density at radius 1 is 1.50 bits per heavy atom. The van der Waals surface area contributed by atoms with Crippen LogP contribution in [0.5, 0.6) is 0 Å². The molecule has 0 spiro atoms. The lowest BCUT2D eigenvalue weighted by Gasteiger charge is -2.22. The van der Waals surface area contributed by atoms with Crippen molar-refractivity contribution in [3.8, 4) is 0 Å². The highest BCUT2D eigenvalue weighted by Gasteiger charge is 2.20. The van der Waals surface area contributed by atoms with Crippen molar-refractivity contribution in [1.29, 1.82) is 0 Å². The third-order valence-corrected chi connectivity index (χ3v) is 4.38. The molecule has 0 bridgehead atoms. The number of aromatic nitrogens is 2. The predicted octanol–water partition coefficient (Wildman–Crippen LogP) is 2.03. The lowest BCUT2D eigenvalue weighted by atomic mass is 10.1. The predicted molar refractivity (Wildman–Crippen MR) is 91.2 cm³/mol. The number of thioether (sulfide) groups is 1. The molecular formula is C16H23N3O2S. The Morgan fingerprint density at radius 2 is 2.27 bits per heavy atom. The van der Waals surface area contributed by atoms with Crippen LogP contribution in [0, 0.1) is 6.92 Å². The van der Waals surface area contributed by atoms with Gasteiger partial charge in [-0.1, -0.05) is 12.1 Å². The Hall–Kier alpha value is -1.53. The summed E-state index contributed by atoms with van der Waals surface area (Å²) in [7, 11) is 0. The van der Waals surface area contributed by atoms with Crippen LogP contribution in [-0.4, -0.2) is 45.1 Å². The fraction of sp³-hybridized carbons (Fsp3) is 0.500. The minimum atomic E-state index is -0.869. The molecule has 1 amide bonds. The van der Waals surface area contributed by atoms with E-state index in [4.69, 9.17) is 0 Å². The van der Waals surface area contributed by atoms with Crippen LogP contribution in [-0.2, 0) is 11.2 Å². The molecule has 0 aliphatic rings. The third-order valence-electron chi connectivity index (χ3n) is 3.47. The Balaban J connectivity index is 1.86. The van der Waals surface area contributed by atoms with Crippen LogP contribution in [0.1, 0.15) is 24.7 Å². The van der Waals surface area contributed by atoms with Crippen LogP contribution in [0.2, 0.25) is 0 Å². The highest BCUT2D eigenvalue weighted by molar-refractivity contribution is 7.98. The van der Waals surface area contributed by atoms with Crippen molar-refractivity contribution in [1.82, 2.24) is 15.3 Å². The van der Waals surface area contributed by atoms with E-state index in [9.17, 15) is 9.90 Å². The van der Waals surface area contributed by atoms with Gasteiger partial charge in [0.15, 0.2) is 0 Å². The highest BCUT2D eigenvalue weighted by atomic mass is 32.2. The van der Waals surface area contributed by atoms with Crippen molar-refractivity contribution in [3.05, 3.63) is 29.6 Å². The average molecular weight is 321 g/mol. The van der Waals surface area contributed by atoms with E-state index in [1.807, 2.05) is 31.4 Å². The number of aryl methyl sites for hydroxylation is 2. The Bertz CT molecular complexity index is 652. The lowest BCUT2D eigenvalue weighted by molar-refractivity contribution is -0.122. The van der Waals surface area contributed by atoms with Gasteiger partial charge in [0.1, 0.15) is 5.82 Å². The summed E-state index contributed by atoms with van der Waals surface area (Å²) in [6.45, 7) is 4.02. The molecule has 22 heavy (non-hydrogen) atoms. The van der Waals surface area contributed by atoms with E-state index >= 15 is 0 Å². The number of imidazole rings is 1. The summed E-state index contributed by atoms with van der Waals surface area (Å²) in [5.74, 6) is 1.34. The largest absolute Gasteiger partial charge is 0.387 e.